The first-order valence-corrected chi connectivity index (χ1v) is 11.7. The number of allylic oxidation sites excluding steroid dienone is 2. The minimum atomic E-state index is -4.49. The summed E-state index contributed by atoms with van der Waals surface area (Å²) in [5.74, 6) is -0.140. The number of aromatic nitrogens is 4. The van der Waals surface area contributed by atoms with Crippen LogP contribution in [0.5, 0.6) is 0 Å². The van der Waals surface area contributed by atoms with Crippen LogP contribution >= 0.6 is 0 Å². The van der Waals surface area contributed by atoms with Gasteiger partial charge in [-0.2, -0.15) is 18.3 Å². The Labute approximate surface area is 212 Å². The Bertz CT molecular complexity index is 1360. The van der Waals surface area contributed by atoms with E-state index in [1.807, 2.05) is 13.0 Å². The van der Waals surface area contributed by atoms with Gasteiger partial charge in [-0.3, -0.25) is 14.6 Å². The fraction of sp³-hybridized carbons (Fsp3) is 0.346. The van der Waals surface area contributed by atoms with Crippen LogP contribution in [-0.2, 0) is 11.0 Å². The van der Waals surface area contributed by atoms with Gasteiger partial charge in [0.25, 0.3) is 5.91 Å². The normalized spacial score (nSPS) is 15.8. The van der Waals surface area contributed by atoms with Gasteiger partial charge in [0, 0.05) is 26.2 Å². The fourth-order valence-corrected chi connectivity index (χ4v) is 4.36. The van der Waals surface area contributed by atoms with Crippen LogP contribution in [0.25, 0.3) is 11.4 Å². The smallest absolute Gasteiger partial charge is 0.349 e. The summed E-state index contributed by atoms with van der Waals surface area (Å²) in [6, 6.07) is 3.95. The highest BCUT2D eigenvalue weighted by Crippen LogP contribution is 2.32. The van der Waals surface area contributed by atoms with Gasteiger partial charge < -0.3 is 10.2 Å². The minimum absolute atomic E-state index is 0.0143. The van der Waals surface area contributed by atoms with Crippen molar-refractivity contribution in [2.45, 2.75) is 39.3 Å². The van der Waals surface area contributed by atoms with Crippen molar-refractivity contribution in [3.63, 3.8) is 0 Å². The van der Waals surface area contributed by atoms with Gasteiger partial charge in [-0.15, -0.1) is 0 Å². The molecule has 1 aliphatic rings. The molecule has 0 aromatic carbocycles. The van der Waals surface area contributed by atoms with E-state index in [9.17, 15) is 22.8 Å². The van der Waals surface area contributed by atoms with E-state index in [-0.39, 0.29) is 23.2 Å². The summed E-state index contributed by atoms with van der Waals surface area (Å²) in [6.07, 6.45) is 3.41. The van der Waals surface area contributed by atoms with E-state index in [2.05, 4.69) is 26.5 Å². The molecule has 0 spiro atoms. The van der Waals surface area contributed by atoms with Crippen LogP contribution in [0.1, 0.15) is 52.1 Å². The molecular formula is C26H27F3N6O2. The Morgan fingerprint density at radius 1 is 1.11 bits per heavy atom. The van der Waals surface area contributed by atoms with Crippen LogP contribution in [0.2, 0.25) is 0 Å². The molecule has 37 heavy (non-hydrogen) atoms. The second-order valence-corrected chi connectivity index (χ2v) is 9.24. The number of pyridine rings is 2. The number of nitrogens with zero attached hydrogens (tertiary/aromatic N) is 5. The molecular weight excluding hydrogens is 485 g/mol. The number of nitrogens with one attached hydrogen (secondary N) is 1. The highest BCUT2D eigenvalue weighted by molar-refractivity contribution is 6.05. The molecule has 1 unspecified atom stereocenters. The molecule has 0 saturated heterocycles. The maximum Gasteiger partial charge on any atom is 0.417 e. The number of hydrogen-bond donors (Lipinski definition) is 1. The molecule has 0 fully saturated rings. The summed E-state index contributed by atoms with van der Waals surface area (Å²) in [5.41, 5.74) is 3.14. The highest BCUT2D eigenvalue weighted by Gasteiger charge is 2.31. The number of halogens is 3. The number of carbonyl (C=O) groups excluding carboxylic acids is 2. The number of anilines is 1. The summed E-state index contributed by atoms with van der Waals surface area (Å²) in [4.78, 5) is 35.1. The Morgan fingerprint density at radius 2 is 1.86 bits per heavy atom. The van der Waals surface area contributed by atoms with Crippen molar-refractivity contribution in [1.82, 2.24) is 24.6 Å². The third-order valence-electron chi connectivity index (χ3n) is 6.39. The molecule has 11 heteroatoms. The molecule has 1 atom stereocenters. The Morgan fingerprint density at radius 3 is 2.43 bits per heavy atom. The molecule has 1 aliphatic carbocycles. The van der Waals surface area contributed by atoms with Crippen LogP contribution in [0.4, 0.5) is 18.9 Å². The molecule has 0 saturated carbocycles. The molecule has 3 aromatic rings. The first-order valence-electron chi connectivity index (χ1n) is 11.7. The minimum Gasteiger partial charge on any atom is -0.349 e. The largest absolute Gasteiger partial charge is 0.417 e. The van der Waals surface area contributed by atoms with E-state index in [4.69, 9.17) is 0 Å². The van der Waals surface area contributed by atoms with Crippen molar-refractivity contribution in [3.8, 4) is 5.82 Å². The number of hydrogen-bond acceptors (Lipinski definition) is 5. The van der Waals surface area contributed by atoms with Gasteiger partial charge in [0.15, 0.2) is 5.82 Å². The summed E-state index contributed by atoms with van der Waals surface area (Å²) in [6.45, 7) is 3.55. The molecule has 8 nitrogen and oxygen atoms in total. The summed E-state index contributed by atoms with van der Waals surface area (Å²) < 4.78 is 39.7. The van der Waals surface area contributed by atoms with E-state index < -0.39 is 17.6 Å². The maximum absolute atomic E-state index is 12.9. The Kier molecular flexibility index (Phi) is 7.15. The molecule has 0 radical (unpaired) electrons. The maximum atomic E-state index is 12.9. The number of aryl methyl sites for hydroxylation is 1. The second kappa shape index (κ2) is 10.2. The van der Waals surface area contributed by atoms with Crippen LogP contribution < -0.4 is 5.32 Å². The highest BCUT2D eigenvalue weighted by atomic mass is 19.4. The zero-order valence-corrected chi connectivity index (χ0v) is 20.9. The molecule has 4 rings (SSSR count). The Hall–Kier alpha value is -4.02. The summed E-state index contributed by atoms with van der Waals surface area (Å²) in [7, 11) is 3.52. The predicted octanol–water partition coefficient (Wildman–Crippen LogP) is 4.82. The topological polar surface area (TPSA) is 93.0 Å². The standard InChI is InChI=1S/C26H27F3N6O2/c1-15-11-20(13-31-23(15)17-5-7-18(8-6-17)25(37)34(3)4)33-24(36)21-14-32-35(16(21)2)22-10-9-19(12-30-22)26(27,28)29/h5,9-14,18H,6-8H2,1-4H3,(H,33,36). The quantitative estimate of drug-likeness (QED) is 0.529. The lowest BCUT2D eigenvalue weighted by Gasteiger charge is -2.24. The third-order valence-corrected chi connectivity index (χ3v) is 6.39. The van der Waals surface area contributed by atoms with Crippen LogP contribution in [0.15, 0.2) is 42.9 Å². The number of amides is 2. The molecule has 194 valence electrons. The molecule has 3 aromatic heterocycles. The monoisotopic (exact) mass is 512 g/mol. The lowest BCUT2D eigenvalue weighted by Crippen LogP contribution is -2.30. The average molecular weight is 513 g/mol. The zero-order valence-electron chi connectivity index (χ0n) is 20.9. The molecule has 0 aliphatic heterocycles. The van der Waals surface area contributed by atoms with Gasteiger partial charge in [0.2, 0.25) is 5.91 Å². The van der Waals surface area contributed by atoms with Crippen molar-refractivity contribution in [2.75, 3.05) is 19.4 Å². The van der Waals surface area contributed by atoms with Gasteiger partial charge in [0.1, 0.15) is 0 Å². The summed E-state index contributed by atoms with van der Waals surface area (Å²) in [5, 5.41) is 6.93. The molecule has 3 heterocycles. The molecule has 1 N–H and O–H groups in total. The Balaban J connectivity index is 1.46. The van der Waals surface area contributed by atoms with Crippen LogP contribution in [-0.4, -0.2) is 50.6 Å². The van der Waals surface area contributed by atoms with Crippen LogP contribution in [0, 0.1) is 19.8 Å². The van der Waals surface area contributed by atoms with Gasteiger partial charge in [-0.05, 0) is 62.4 Å². The lowest BCUT2D eigenvalue weighted by molar-refractivity contribution is -0.137. The van der Waals surface area contributed by atoms with E-state index in [0.717, 1.165) is 41.9 Å². The van der Waals surface area contributed by atoms with Gasteiger partial charge >= 0.3 is 6.18 Å². The summed E-state index contributed by atoms with van der Waals surface area (Å²) >= 11 is 0. The van der Waals surface area contributed by atoms with Crippen molar-refractivity contribution in [3.05, 3.63) is 70.9 Å². The predicted molar refractivity (Wildman–Crippen MR) is 132 cm³/mol. The van der Waals surface area contributed by atoms with Crippen molar-refractivity contribution in [1.29, 1.82) is 0 Å². The lowest BCUT2D eigenvalue weighted by atomic mass is 9.86. The fourth-order valence-electron chi connectivity index (χ4n) is 4.36. The first kappa shape index (κ1) is 26.1. The van der Waals surface area contributed by atoms with E-state index >= 15 is 0 Å². The van der Waals surface area contributed by atoms with Gasteiger partial charge in [0.05, 0.1) is 40.6 Å². The number of carbonyl (C=O) groups is 2. The average Bonchev–Trinajstić information content (AvgIpc) is 3.24. The SMILES string of the molecule is Cc1cc(NC(=O)c2cnn(-c3ccc(C(F)(F)F)cn3)c2C)cnc1C1=CCC(C(=O)N(C)C)CC1. The molecule has 0 bridgehead atoms. The van der Waals surface area contributed by atoms with Gasteiger partial charge in [-0.1, -0.05) is 6.08 Å². The number of alkyl halides is 3. The zero-order chi connectivity index (χ0) is 26.9. The van der Waals surface area contributed by atoms with Crippen LogP contribution in [0.3, 0.4) is 0 Å². The number of rotatable bonds is 5. The third kappa shape index (κ3) is 5.55. The van der Waals surface area contributed by atoms with Gasteiger partial charge in [-0.25, -0.2) is 9.67 Å². The first-order chi connectivity index (χ1) is 17.5. The second-order valence-electron chi connectivity index (χ2n) is 9.24. The van der Waals surface area contributed by atoms with Crippen molar-refractivity contribution < 1.29 is 22.8 Å². The molecule has 2 amide bonds. The van der Waals surface area contributed by atoms with E-state index in [1.165, 1.54) is 16.9 Å². The van der Waals surface area contributed by atoms with Crippen molar-refractivity contribution in [2.24, 2.45) is 5.92 Å². The van der Waals surface area contributed by atoms with E-state index in [1.54, 1.807) is 32.1 Å². The van der Waals surface area contributed by atoms with Crippen molar-refractivity contribution >= 4 is 23.1 Å². The van der Waals surface area contributed by atoms with E-state index in [0.29, 0.717) is 17.8 Å².